The van der Waals surface area contributed by atoms with Crippen LogP contribution in [-0.2, 0) is 6.54 Å². The highest BCUT2D eigenvalue weighted by atomic mass is 35.5. The quantitative estimate of drug-likeness (QED) is 0.795. The van der Waals surface area contributed by atoms with Crippen molar-refractivity contribution in [2.75, 3.05) is 38.6 Å². The topological polar surface area (TPSA) is 18.5 Å². The standard InChI is InChI=1S/C16H28ClN3/c1-6-18-11-14-8-9-15(10-16(14)17)20(7-2)13(3)12-19(4)5/h8-10,13,18H,6-7,11-12H2,1-5H3. The van der Waals surface area contributed by atoms with Crippen molar-refractivity contribution in [1.82, 2.24) is 10.2 Å². The Morgan fingerprint density at radius 1 is 1.25 bits per heavy atom. The number of nitrogens with one attached hydrogen (secondary N) is 1. The van der Waals surface area contributed by atoms with Gasteiger partial charge in [-0.1, -0.05) is 24.6 Å². The molecule has 0 heterocycles. The van der Waals surface area contributed by atoms with Crippen LogP contribution in [0.5, 0.6) is 0 Å². The Hall–Kier alpha value is -0.770. The molecule has 0 aromatic heterocycles. The van der Waals surface area contributed by atoms with Gasteiger partial charge < -0.3 is 15.1 Å². The van der Waals surface area contributed by atoms with E-state index in [1.165, 1.54) is 5.69 Å². The van der Waals surface area contributed by atoms with Crippen molar-refractivity contribution < 1.29 is 0 Å². The molecule has 0 radical (unpaired) electrons. The molecule has 114 valence electrons. The first-order valence-corrected chi connectivity index (χ1v) is 7.77. The monoisotopic (exact) mass is 297 g/mol. The minimum Gasteiger partial charge on any atom is -0.368 e. The largest absolute Gasteiger partial charge is 0.368 e. The minimum atomic E-state index is 0.464. The summed E-state index contributed by atoms with van der Waals surface area (Å²) in [6.07, 6.45) is 0. The smallest absolute Gasteiger partial charge is 0.0471 e. The highest BCUT2D eigenvalue weighted by molar-refractivity contribution is 6.31. The molecule has 0 aliphatic rings. The fraction of sp³-hybridized carbons (Fsp3) is 0.625. The van der Waals surface area contributed by atoms with E-state index >= 15 is 0 Å². The molecule has 1 rings (SSSR count). The van der Waals surface area contributed by atoms with Gasteiger partial charge in [0, 0.05) is 36.4 Å². The van der Waals surface area contributed by atoms with E-state index in [0.717, 1.165) is 36.8 Å². The molecule has 1 aromatic rings. The molecular formula is C16H28ClN3. The van der Waals surface area contributed by atoms with Crippen LogP contribution in [0.3, 0.4) is 0 Å². The van der Waals surface area contributed by atoms with Crippen LogP contribution in [0, 0.1) is 0 Å². The SMILES string of the molecule is CCNCc1ccc(N(CC)C(C)CN(C)C)cc1Cl. The molecular weight excluding hydrogens is 270 g/mol. The van der Waals surface area contributed by atoms with Crippen LogP contribution >= 0.6 is 11.6 Å². The van der Waals surface area contributed by atoms with Crippen LogP contribution in [0.2, 0.25) is 5.02 Å². The Morgan fingerprint density at radius 3 is 2.45 bits per heavy atom. The summed E-state index contributed by atoms with van der Waals surface area (Å²) in [6.45, 7) is 10.3. The van der Waals surface area contributed by atoms with E-state index in [2.05, 4.69) is 68.2 Å². The van der Waals surface area contributed by atoms with Crippen LogP contribution in [0.25, 0.3) is 0 Å². The fourth-order valence-corrected chi connectivity index (χ4v) is 2.74. The van der Waals surface area contributed by atoms with E-state index in [4.69, 9.17) is 11.6 Å². The normalized spacial score (nSPS) is 12.8. The van der Waals surface area contributed by atoms with Gasteiger partial charge in [0.2, 0.25) is 0 Å². The van der Waals surface area contributed by atoms with Gasteiger partial charge in [0.05, 0.1) is 0 Å². The van der Waals surface area contributed by atoms with Crippen LogP contribution < -0.4 is 10.2 Å². The summed E-state index contributed by atoms with van der Waals surface area (Å²) < 4.78 is 0. The van der Waals surface area contributed by atoms with Gasteiger partial charge in [-0.3, -0.25) is 0 Å². The molecule has 20 heavy (non-hydrogen) atoms. The second-order valence-electron chi connectivity index (χ2n) is 5.45. The number of rotatable bonds is 8. The first kappa shape index (κ1) is 17.3. The summed E-state index contributed by atoms with van der Waals surface area (Å²) in [5.41, 5.74) is 2.36. The molecule has 3 nitrogen and oxygen atoms in total. The number of likely N-dealkylation sites (N-methyl/N-ethyl adjacent to an activating group) is 2. The average molecular weight is 298 g/mol. The van der Waals surface area contributed by atoms with Crippen molar-refractivity contribution in [2.24, 2.45) is 0 Å². The summed E-state index contributed by atoms with van der Waals surface area (Å²) in [5.74, 6) is 0. The summed E-state index contributed by atoms with van der Waals surface area (Å²) in [6, 6.07) is 6.86. The van der Waals surface area contributed by atoms with Gasteiger partial charge >= 0.3 is 0 Å². The summed E-state index contributed by atoms with van der Waals surface area (Å²) in [7, 11) is 4.22. The second kappa shape index (κ2) is 8.50. The lowest BCUT2D eigenvalue weighted by molar-refractivity contribution is 0.373. The highest BCUT2D eigenvalue weighted by Crippen LogP contribution is 2.25. The Labute approximate surface area is 128 Å². The zero-order valence-electron chi connectivity index (χ0n) is 13.4. The van der Waals surface area contributed by atoms with Gasteiger partial charge in [-0.25, -0.2) is 0 Å². The summed E-state index contributed by atoms with van der Waals surface area (Å²) in [5, 5.41) is 4.16. The predicted octanol–water partition coefficient (Wildman–Crippen LogP) is 3.23. The Kier molecular flexibility index (Phi) is 7.35. The molecule has 0 fully saturated rings. The molecule has 0 amide bonds. The van der Waals surface area contributed by atoms with E-state index in [-0.39, 0.29) is 0 Å². The van der Waals surface area contributed by atoms with Crippen LogP contribution in [-0.4, -0.2) is 44.7 Å². The van der Waals surface area contributed by atoms with E-state index in [9.17, 15) is 0 Å². The van der Waals surface area contributed by atoms with E-state index < -0.39 is 0 Å². The van der Waals surface area contributed by atoms with Crippen molar-refractivity contribution in [1.29, 1.82) is 0 Å². The van der Waals surface area contributed by atoms with E-state index in [0.29, 0.717) is 6.04 Å². The number of hydrogen-bond donors (Lipinski definition) is 1. The van der Waals surface area contributed by atoms with Gasteiger partial charge in [-0.2, -0.15) is 0 Å². The van der Waals surface area contributed by atoms with Crippen LogP contribution in [0.1, 0.15) is 26.3 Å². The second-order valence-corrected chi connectivity index (χ2v) is 5.86. The van der Waals surface area contributed by atoms with Crippen LogP contribution in [0.4, 0.5) is 5.69 Å². The van der Waals surface area contributed by atoms with Gasteiger partial charge in [-0.05, 0) is 52.2 Å². The van der Waals surface area contributed by atoms with Crippen LogP contribution in [0.15, 0.2) is 18.2 Å². The zero-order valence-corrected chi connectivity index (χ0v) is 14.2. The van der Waals surface area contributed by atoms with Crippen molar-refractivity contribution in [3.05, 3.63) is 28.8 Å². The Bertz CT molecular complexity index is 407. The fourth-order valence-electron chi connectivity index (χ4n) is 2.49. The van der Waals surface area contributed by atoms with Gasteiger partial charge in [0.1, 0.15) is 0 Å². The lowest BCUT2D eigenvalue weighted by Gasteiger charge is -2.32. The lowest BCUT2D eigenvalue weighted by Crippen LogP contribution is -2.40. The lowest BCUT2D eigenvalue weighted by atomic mass is 10.1. The predicted molar refractivity (Wildman–Crippen MR) is 89.9 cm³/mol. The van der Waals surface area contributed by atoms with E-state index in [1.54, 1.807) is 0 Å². The molecule has 1 unspecified atom stereocenters. The third kappa shape index (κ3) is 4.97. The first-order valence-electron chi connectivity index (χ1n) is 7.40. The maximum absolute atomic E-state index is 6.40. The molecule has 0 aliphatic heterocycles. The van der Waals surface area contributed by atoms with Crippen molar-refractivity contribution in [3.8, 4) is 0 Å². The number of benzene rings is 1. The Morgan fingerprint density at radius 2 is 1.95 bits per heavy atom. The summed E-state index contributed by atoms with van der Waals surface area (Å²) >= 11 is 6.40. The minimum absolute atomic E-state index is 0.464. The third-order valence-electron chi connectivity index (χ3n) is 3.44. The van der Waals surface area contributed by atoms with Crippen molar-refractivity contribution >= 4 is 17.3 Å². The number of nitrogens with zero attached hydrogens (tertiary/aromatic N) is 2. The molecule has 1 atom stereocenters. The third-order valence-corrected chi connectivity index (χ3v) is 3.79. The first-order chi connectivity index (χ1) is 9.49. The number of anilines is 1. The molecule has 0 saturated heterocycles. The molecule has 0 aliphatic carbocycles. The Balaban J connectivity index is 2.85. The van der Waals surface area contributed by atoms with Crippen molar-refractivity contribution in [3.63, 3.8) is 0 Å². The number of halogens is 1. The molecule has 0 spiro atoms. The molecule has 0 bridgehead atoms. The van der Waals surface area contributed by atoms with Crippen molar-refractivity contribution in [2.45, 2.75) is 33.4 Å². The van der Waals surface area contributed by atoms with Gasteiger partial charge in [-0.15, -0.1) is 0 Å². The molecule has 0 saturated carbocycles. The zero-order chi connectivity index (χ0) is 15.1. The van der Waals surface area contributed by atoms with E-state index in [1.807, 2.05) is 0 Å². The average Bonchev–Trinajstić information content (AvgIpc) is 2.37. The molecule has 1 N–H and O–H groups in total. The summed E-state index contributed by atoms with van der Waals surface area (Å²) in [4.78, 5) is 4.61. The molecule has 4 heteroatoms. The van der Waals surface area contributed by atoms with Gasteiger partial charge in [0.15, 0.2) is 0 Å². The van der Waals surface area contributed by atoms with Gasteiger partial charge in [0.25, 0.3) is 0 Å². The maximum Gasteiger partial charge on any atom is 0.0471 e. The maximum atomic E-state index is 6.40. The number of hydrogen-bond acceptors (Lipinski definition) is 3. The molecule has 1 aromatic carbocycles. The highest BCUT2D eigenvalue weighted by Gasteiger charge is 2.14.